The third-order valence-corrected chi connectivity index (χ3v) is 6.08. The summed E-state index contributed by atoms with van der Waals surface area (Å²) in [6, 6.07) is 12.6. The van der Waals surface area contributed by atoms with Crippen molar-refractivity contribution in [1.29, 1.82) is 0 Å². The van der Waals surface area contributed by atoms with Gasteiger partial charge >= 0.3 is 0 Å². The first-order valence-corrected chi connectivity index (χ1v) is 11.0. The maximum Gasteiger partial charge on any atom is 0.222 e. The van der Waals surface area contributed by atoms with Crippen LogP contribution in [0.4, 0.5) is 0 Å². The molecule has 0 spiro atoms. The van der Waals surface area contributed by atoms with E-state index < -0.39 is 0 Å². The number of thiophene rings is 1. The lowest BCUT2D eigenvalue weighted by molar-refractivity contribution is -0.129. The Bertz CT molecular complexity index is 838. The van der Waals surface area contributed by atoms with Gasteiger partial charge in [-0.2, -0.15) is 0 Å². The van der Waals surface area contributed by atoms with Gasteiger partial charge in [-0.15, -0.1) is 35.3 Å². The average molecular weight is 542 g/mol. The van der Waals surface area contributed by atoms with Crippen LogP contribution in [0.1, 0.15) is 31.6 Å². The molecule has 1 atom stereocenters. The number of halogens is 1. The summed E-state index contributed by atoms with van der Waals surface area (Å²) < 4.78 is 5.23. The third kappa shape index (κ3) is 6.60. The van der Waals surface area contributed by atoms with Crippen molar-refractivity contribution >= 4 is 47.2 Å². The number of hydrogen-bond acceptors (Lipinski definition) is 4. The molecule has 1 aromatic heterocycles. The number of likely N-dealkylation sites (tertiary alicyclic amines) is 1. The first kappa shape index (κ1) is 24.5. The predicted molar refractivity (Wildman–Crippen MR) is 135 cm³/mol. The number of aliphatic imine (C=N–C) groups is 1. The number of benzene rings is 1. The molecule has 2 N–H and O–H groups in total. The molecule has 0 saturated carbocycles. The van der Waals surface area contributed by atoms with E-state index in [9.17, 15) is 4.79 Å². The second kappa shape index (κ2) is 12.1. The lowest BCUT2D eigenvalue weighted by Gasteiger charge is -2.18. The fourth-order valence-electron chi connectivity index (χ4n) is 3.37. The van der Waals surface area contributed by atoms with Gasteiger partial charge in [0.05, 0.1) is 13.7 Å². The van der Waals surface area contributed by atoms with Gasteiger partial charge in [0.15, 0.2) is 5.96 Å². The van der Waals surface area contributed by atoms with Crippen molar-refractivity contribution in [2.24, 2.45) is 4.99 Å². The highest BCUT2D eigenvalue weighted by Gasteiger charge is 2.25. The van der Waals surface area contributed by atoms with Gasteiger partial charge in [-0.3, -0.25) is 4.79 Å². The Labute approximate surface area is 200 Å². The lowest BCUT2D eigenvalue weighted by Crippen LogP contribution is -2.45. The first-order valence-electron chi connectivity index (χ1n) is 10.2. The topological polar surface area (TPSA) is 66.0 Å². The van der Waals surface area contributed by atoms with Crippen molar-refractivity contribution in [3.05, 3.63) is 41.3 Å². The Kier molecular flexibility index (Phi) is 9.90. The largest absolute Gasteiger partial charge is 0.497 e. The van der Waals surface area contributed by atoms with E-state index in [-0.39, 0.29) is 35.9 Å². The standard InChI is InChI=1S/C22H30N4O2S.HI/c1-4-21(27)26-13-12-17(15-26)25-22(23-5-2)24-14-19-10-11-20(29-19)16-6-8-18(28-3)9-7-16;/h6-11,17H,4-5,12-15H2,1-3H3,(H2,23,24,25);1H. The van der Waals surface area contributed by atoms with Crippen LogP contribution in [-0.2, 0) is 11.3 Å². The van der Waals surface area contributed by atoms with Crippen molar-refractivity contribution in [2.75, 3.05) is 26.7 Å². The second-order valence-corrected chi connectivity index (χ2v) is 8.18. The fourth-order valence-corrected chi connectivity index (χ4v) is 4.31. The van der Waals surface area contributed by atoms with Gasteiger partial charge in [-0.25, -0.2) is 4.99 Å². The normalized spacial score (nSPS) is 16.2. The Balaban J connectivity index is 0.00000320. The van der Waals surface area contributed by atoms with Gasteiger partial charge in [0, 0.05) is 41.9 Å². The van der Waals surface area contributed by atoms with Gasteiger partial charge < -0.3 is 20.3 Å². The monoisotopic (exact) mass is 542 g/mol. The number of nitrogens with one attached hydrogen (secondary N) is 2. The Morgan fingerprint density at radius 3 is 2.67 bits per heavy atom. The van der Waals surface area contributed by atoms with E-state index in [0.717, 1.165) is 37.8 Å². The van der Waals surface area contributed by atoms with Gasteiger partial charge in [-0.1, -0.05) is 6.92 Å². The number of methoxy groups -OCH3 is 1. The summed E-state index contributed by atoms with van der Waals surface area (Å²) in [5.74, 6) is 1.89. The minimum absolute atomic E-state index is 0. The van der Waals surface area contributed by atoms with Crippen LogP contribution < -0.4 is 15.4 Å². The molecule has 1 aliphatic heterocycles. The summed E-state index contributed by atoms with van der Waals surface area (Å²) in [7, 11) is 1.68. The van der Waals surface area contributed by atoms with Crippen LogP contribution >= 0.6 is 35.3 Å². The molecule has 2 heterocycles. The van der Waals surface area contributed by atoms with Crippen molar-refractivity contribution in [2.45, 2.75) is 39.3 Å². The highest BCUT2D eigenvalue weighted by atomic mass is 127. The number of carbonyl (C=O) groups is 1. The third-order valence-electron chi connectivity index (χ3n) is 4.96. The Morgan fingerprint density at radius 2 is 2.00 bits per heavy atom. The fraction of sp³-hybridized carbons (Fsp3) is 0.455. The summed E-state index contributed by atoms with van der Waals surface area (Å²) in [5, 5.41) is 6.80. The van der Waals surface area contributed by atoms with Crippen LogP contribution in [0, 0.1) is 0 Å². The van der Waals surface area contributed by atoms with Gasteiger partial charge in [0.1, 0.15) is 5.75 Å². The van der Waals surface area contributed by atoms with E-state index in [1.807, 2.05) is 24.0 Å². The van der Waals surface area contributed by atoms with Crippen molar-refractivity contribution in [3.8, 4) is 16.2 Å². The molecule has 1 unspecified atom stereocenters. The number of hydrogen-bond donors (Lipinski definition) is 2. The van der Waals surface area contributed by atoms with Gasteiger partial charge in [0.2, 0.25) is 5.91 Å². The zero-order valence-corrected chi connectivity index (χ0v) is 21.0. The van der Waals surface area contributed by atoms with E-state index in [1.165, 1.54) is 15.3 Å². The lowest BCUT2D eigenvalue weighted by atomic mass is 10.2. The van der Waals surface area contributed by atoms with Crippen LogP contribution in [0.3, 0.4) is 0 Å². The molecule has 0 bridgehead atoms. The molecule has 1 aliphatic rings. The first-order chi connectivity index (χ1) is 14.1. The van der Waals surface area contributed by atoms with E-state index in [1.54, 1.807) is 18.4 Å². The predicted octanol–water partition coefficient (Wildman–Crippen LogP) is 4.11. The molecular weight excluding hydrogens is 511 g/mol. The summed E-state index contributed by atoms with van der Waals surface area (Å²) >= 11 is 1.75. The summed E-state index contributed by atoms with van der Waals surface area (Å²) in [4.78, 5) is 21.0. The van der Waals surface area contributed by atoms with Crippen LogP contribution in [0.2, 0.25) is 0 Å². The molecule has 1 aromatic carbocycles. The molecule has 164 valence electrons. The maximum atomic E-state index is 11.9. The molecule has 1 fully saturated rings. The molecule has 1 saturated heterocycles. The van der Waals surface area contributed by atoms with Crippen LogP contribution in [0.15, 0.2) is 41.4 Å². The van der Waals surface area contributed by atoms with Crippen molar-refractivity contribution in [1.82, 2.24) is 15.5 Å². The molecular formula is C22H31IN4O2S. The number of nitrogens with zero attached hydrogens (tertiary/aromatic N) is 2. The average Bonchev–Trinajstić information content (AvgIpc) is 3.41. The second-order valence-electron chi connectivity index (χ2n) is 7.01. The van der Waals surface area contributed by atoms with E-state index in [4.69, 9.17) is 9.73 Å². The number of carbonyl (C=O) groups excluding carboxylic acids is 1. The maximum absolute atomic E-state index is 11.9. The van der Waals surface area contributed by atoms with E-state index >= 15 is 0 Å². The van der Waals surface area contributed by atoms with Gasteiger partial charge in [0.25, 0.3) is 0 Å². The zero-order chi connectivity index (χ0) is 20.6. The Morgan fingerprint density at radius 1 is 1.23 bits per heavy atom. The van der Waals surface area contributed by atoms with Crippen molar-refractivity contribution < 1.29 is 9.53 Å². The number of rotatable bonds is 7. The van der Waals surface area contributed by atoms with Crippen molar-refractivity contribution in [3.63, 3.8) is 0 Å². The smallest absolute Gasteiger partial charge is 0.222 e. The summed E-state index contributed by atoms with van der Waals surface area (Å²) in [6.07, 6.45) is 1.52. The molecule has 6 nitrogen and oxygen atoms in total. The quantitative estimate of drug-likeness (QED) is 0.314. The molecule has 8 heteroatoms. The molecule has 0 aliphatic carbocycles. The minimum Gasteiger partial charge on any atom is -0.497 e. The van der Waals surface area contributed by atoms with Gasteiger partial charge in [-0.05, 0) is 55.3 Å². The summed E-state index contributed by atoms with van der Waals surface area (Å²) in [6.45, 7) is 6.97. The number of guanidine groups is 1. The molecule has 0 radical (unpaired) electrons. The molecule has 3 rings (SSSR count). The SMILES string of the molecule is CCNC(=NCc1ccc(-c2ccc(OC)cc2)s1)NC1CCN(C(=O)CC)C1.I. The number of ether oxygens (including phenoxy) is 1. The van der Waals surface area contributed by atoms with Crippen LogP contribution in [-0.4, -0.2) is 49.6 Å². The zero-order valence-electron chi connectivity index (χ0n) is 17.8. The molecule has 1 amide bonds. The highest BCUT2D eigenvalue weighted by Crippen LogP contribution is 2.29. The number of amides is 1. The van der Waals surface area contributed by atoms with Crippen LogP contribution in [0.5, 0.6) is 5.75 Å². The highest BCUT2D eigenvalue weighted by molar-refractivity contribution is 14.0. The minimum atomic E-state index is 0. The molecule has 2 aromatic rings. The van der Waals surface area contributed by atoms with E-state index in [0.29, 0.717) is 13.0 Å². The van der Waals surface area contributed by atoms with E-state index in [2.05, 4.69) is 41.8 Å². The summed E-state index contributed by atoms with van der Waals surface area (Å²) in [5.41, 5.74) is 1.18. The Hall–Kier alpha value is -1.81. The van der Waals surface area contributed by atoms with Crippen LogP contribution in [0.25, 0.3) is 10.4 Å². The molecule has 30 heavy (non-hydrogen) atoms.